The van der Waals surface area contributed by atoms with Crippen LogP contribution in [0.25, 0.3) is 82.2 Å². The number of para-hydroxylation sites is 1. The van der Waals surface area contributed by atoms with E-state index in [1.807, 2.05) is 0 Å². The fraction of sp³-hybridized carbons (Fsp3) is 0. The van der Waals surface area contributed by atoms with Crippen molar-refractivity contribution in [3.8, 4) is 22.3 Å². The van der Waals surface area contributed by atoms with Crippen molar-refractivity contribution in [2.24, 2.45) is 0 Å². The number of hydrogen-bond acceptors (Lipinski definition) is 1. The predicted molar refractivity (Wildman–Crippen MR) is 165 cm³/mol. The van der Waals surface area contributed by atoms with Gasteiger partial charge in [0, 0.05) is 26.9 Å². The van der Waals surface area contributed by atoms with Crippen LogP contribution in [0.1, 0.15) is 0 Å². The van der Waals surface area contributed by atoms with Gasteiger partial charge in [-0.05, 0) is 69.4 Å². The van der Waals surface area contributed by atoms with Gasteiger partial charge in [-0.2, -0.15) is 0 Å². The van der Waals surface area contributed by atoms with Crippen LogP contribution < -0.4 is 0 Å². The predicted octanol–water partition coefficient (Wildman–Crippen LogP) is 9.87. The Kier molecular flexibility index (Phi) is 4.08. The van der Waals surface area contributed by atoms with Gasteiger partial charge in [-0.25, -0.2) is 4.98 Å². The molecule has 0 saturated carbocycles. The van der Waals surface area contributed by atoms with Crippen LogP contribution in [-0.2, 0) is 0 Å². The molecule has 3 aromatic heterocycles. The lowest BCUT2D eigenvalue weighted by Crippen LogP contribution is -1.86. The molecule has 3 heterocycles. The fourth-order valence-corrected chi connectivity index (χ4v) is 6.39. The summed E-state index contributed by atoms with van der Waals surface area (Å²) in [7, 11) is 0. The molecule has 2 nitrogen and oxygen atoms in total. The third-order valence-corrected chi connectivity index (χ3v) is 8.26. The van der Waals surface area contributed by atoms with Crippen LogP contribution in [0.15, 0.2) is 133 Å². The largest absolute Gasteiger partial charge is 0.293 e. The zero-order chi connectivity index (χ0) is 25.5. The second-order valence-corrected chi connectivity index (χ2v) is 10.5. The molecule has 0 saturated heterocycles. The summed E-state index contributed by atoms with van der Waals surface area (Å²) < 4.78 is 2.39. The van der Waals surface area contributed by atoms with E-state index >= 15 is 0 Å². The number of hydrogen-bond donors (Lipinski definition) is 0. The normalized spacial score (nSPS) is 12.1. The third-order valence-electron chi connectivity index (χ3n) is 8.26. The van der Waals surface area contributed by atoms with E-state index in [9.17, 15) is 0 Å². The van der Waals surface area contributed by atoms with Crippen molar-refractivity contribution in [2.75, 3.05) is 0 Å². The van der Waals surface area contributed by atoms with Gasteiger partial charge < -0.3 is 0 Å². The Hall–Kier alpha value is -5.21. The van der Waals surface area contributed by atoms with E-state index in [1.54, 1.807) is 0 Å². The van der Waals surface area contributed by atoms with Gasteiger partial charge in [0.25, 0.3) is 0 Å². The Morgan fingerprint density at radius 2 is 1.10 bits per heavy atom. The highest BCUT2D eigenvalue weighted by atomic mass is 15.0. The topological polar surface area (TPSA) is 17.3 Å². The first-order chi connectivity index (χ1) is 19.3. The van der Waals surface area contributed by atoms with Crippen LogP contribution in [-0.4, -0.2) is 9.38 Å². The minimum Gasteiger partial charge on any atom is -0.293 e. The van der Waals surface area contributed by atoms with Gasteiger partial charge in [0.1, 0.15) is 5.65 Å². The molecule has 0 aliphatic rings. The zero-order valence-electron chi connectivity index (χ0n) is 21.1. The van der Waals surface area contributed by atoms with Crippen molar-refractivity contribution in [3.05, 3.63) is 133 Å². The van der Waals surface area contributed by atoms with E-state index in [-0.39, 0.29) is 0 Å². The Bertz CT molecular complexity index is 2380. The van der Waals surface area contributed by atoms with Crippen molar-refractivity contribution < 1.29 is 0 Å². The molecule has 0 spiro atoms. The summed E-state index contributed by atoms with van der Waals surface area (Å²) in [5, 5.41) is 8.67. The van der Waals surface area contributed by atoms with Crippen LogP contribution >= 0.6 is 0 Å². The molecule has 0 bridgehead atoms. The van der Waals surface area contributed by atoms with Crippen LogP contribution in [0.4, 0.5) is 0 Å². The number of pyridine rings is 1. The summed E-state index contributed by atoms with van der Waals surface area (Å²) in [4.78, 5) is 5.23. The standard InChI is InChI=1S/C37H22N2/c1-2-8-23(9-3-1)27-16-17-30-31-20-29(26-15-14-24-10-4-5-11-25(24)18-26)21-32-33-19-28-12-6-7-13-34(28)38-37(33)39(36(31)32)35(30)22-27/h1-22H. The third kappa shape index (κ3) is 2.94. The molecular formula is C37H22N2. The zero-order valence-corrected chi connectivity index (χ0v) is 21.1. The summed E-state index contributed by atoms with van der Waals surface area (Å²) in [5.74, 6) is 0. The first-order valence-corrected chi connectivity index (χ1v) is 13.4. The number of fused-ring (bicyclic) bond motifs is 8. The molecule has 0 atom stereocenters. The Balaban J connectivity index is 1.43. The van der Waals surface area contributed by atoms with E-state index in [0.717, 1.165) is 11.2 Å². The lowest BCUT2D eigenvalue weighted by Gasteiger charge is -2.07. The van der Waals surface area contributed by atoms with Gasteiger partial charge in [0.2, 0.25) is 0 Å². The maximum Gasteiger partial charge on any atom is 0.146 e. The first kappa shape index (κ1) is 20.8. The molecule has 0 aliphatic heterocycles. The summed E-state index contributed by atoms with van der Waals surface area (Å²) in [5.41, 5.74) is 9.39. The smallest absolute Gasteiger partial charge is 0.146 e. The molecule has 0 aliphatic carbocycles. The van der Waals surface area contributed by atoms with Crippen LogP contribution in [0.5, 0.6) is 0 Å². The molecule has 0 N–H and O–H groups in total. The molecule has 9 aromatic rings. The van der Waals surface area contributed by atoms with Crippen molar-refractivity contribution >= 4 is 59.9 Å². The molecule has 0 amide bonds. The maximum atomic E-state index is 5.23. The van der Waals surface area contributed by atoms with Crippen molar-refractivity contribution in [3.63, 3.8) is 0 Å². The second-order valence-electron chi connectivity index (χ2n) is 10.5. The molecule has 0 fully saturated rings. The van der Waals surface area contributed by atoms with Crippen molar-refractivity contribution in [1.29, 1.82) is 0 Å². The summed E-state index contributed by atoms with van der Waals surface area (Å²) >= 11 is 0. The lowest BCUT2D eigenvalue weighted by atomic mass is 9.97. The van der Waals surface area contributed by atoms with Crippen LogP contribution in [0, 0.1) is 0 Å². The van der Waals surface area contributed by atoms with Crippen molar-refractivity contribution in [2.45, 2.75) is 0 Å². The first-order valence-electron chi connectivity index (χ1n) is 13.4. The van der Waals surface area contributed by atoms with Gasteiger partial charge in [0.05, 0.1) is 16.6 Å². The molecule has 9 rings (SSSR count). The Labute approximate surface area is 224 Å². The van der Waals surface area contributed by atoms with Gasteiger partial charge in [-0.15, -0.1) is 0 Å². The van der Waals surface area contributed by atoms with Crippen molar-refractivity contribution in [1.82, 2.24) is 9.38 Å². The molecule has 180 valence electrons. The van der Waals surface area contributed by atoms with E-state index < -0.39 is 0 Å². The SMILES string of the molecule is c1ccc(-c2ccc3c4cc(-c5ccc6ccccc6c5)cc5c6cc7ccccc7nc6n(c3c2)c45)cc1. The fourth-order valence-electron chi connectivity index (χ4n) is 6.39. The summed E-state index contributed by atoms with van der Waals surface area (Å²) in [6.07, 6.45) is 0. The number of benzene rings is 6. The second kappa shape index (κ2) is 7.66. The summed E-state index contributed by atoms with van der Waals surface area (Å²) in [6.45, 7) is 0. The molecule has 6 aromatic carbocycles. The minimum absolute atomic E-state index is 1.02. The number of nitrogens with zero attached hydrogens (tertiary/aromatic N) is 2. The monoisotopic (exact) mass is 494 g/mol. The van der Waals surface area contributed by atoms with E-state index in [1.165, 1.54) is 71.0 Å². The van der Waals surface area contributed by atoms with E-state index in [0.29, 0.717) is 0 Å². The minimum atomic E-state index is 1.02. The Morgan fingerprint density at radius 3 is 1.97 bits per heavy atom. The van der Waals surface area contributed by atoms with Gasteiger partial charge in [-0.3, -0.25) is 4.40 Å². The maximum absolute atomic E-state index is 5.23. The number of aromatic nitrogens is 2. The average molecular weight is 495 g/mol. The van der Waals surface area contributed by atoms with Crippen LogP contribution in [0.3, 0.4) is 0 Å². The van der Waals surface area contributed by atoms with E-state index in [2.05, 4.69) is 138 Å². The highest BCUT2D eigenvalue weighted by Gasteiger charge is 2.21. The van der Waals surface area contributed by atoms with E-state index in [4.69, 9.17) is 4.98 Å². The average Bonchev–Trinajstić information content (AvgIpc) is 3.50. The quantitative estimate of drug-likeness (QED) is 0.234. The molecule has 39 heavy (non-hydrogen) atoms. The summed E-state index contributed by atoms with van der Waals surface area (Å²) in [6, 6.07) is 48.3. The van der Waals surface area contributed by atoms with Gasteiger partial charge >= 0.3 is 0 Å². The lowest BCUT2D eigenvalue weighted by molar-refractivity contribution is 1.30. The van der Waals surface area contributed by atoms with Crippen LogP contribution in [0.2, 0.25) is 0 Å². The highest BCUT2D eigenvalue weighted by molar-refractivity contribution is 6.25. The number of rotatable bonds is 2. The molecule has 0 radical (unpaired) electrons. The molecule has 2 heteroatoms. The molecule has 0 unspecified atom stereocenters. The van der Waals surface area contributed by atoms with Gasteiger partial charge in [0.15, 0.2) is 0 Å². The highest BCUT2D eigenvalue weighted by Crippen LogP contribution is 2.43. The Morgan fingerprint density at radius 1 is 0.410 bits per heavy atom. The van der Waals surface area contributed by atoms with Gasteiger partial charge in [-0.1, -0.05) is 97.1 Å². The molecular weight excluding hydrogens is 472 g/mol.